The number of nitrogens with zero attached hydrogens (tertiary/aromatic N) is 1. The third-order valence-electron chi connectivity index (χ3n) is 2.30. The van der Waals surface area contributed by atoms with Crippen molar-refractivity contribution in [1.29, 1.82) is 0 Å². The number of carbonyl (C=O) groups excluding carboxylic acids is 1. The van der Waals surface area contributed by atoms with Gasteiger partial charge in [-0.1, -0.05) is 0 Å². The van der Waals surface area contributed by atoms with E-state index >= 15 is 0 Å². The van der Waals surface area contributed by atoms with Gasteiger partial charge in [-0.15, -0.1) is 0 Å². The van der Waals surface area contributed by atoms with E-state index in [9.17, 15) is 9.59 Å². The molecular weight excluding hydrogens is 234 g/mol. The first-order valence-corrected chi connectivity index (χ1v) is 5.48. The van der Waals surface area contributed by atoms with E-state index in [0.717, 1.165) is 0 Å². The molecule has 4 N–H and O–H groups in total. The summed E-state index contributed by atoms with van der Waals surface area (Å²) in [5.74, 6) is -1.01. The molecule has 0 saturated carbocycles. The normalized spacial score (nSPS) is 11.1. The second-order valence-electron chi connectivity index (χ2n) is 4.83. The first kappa shape index (κ1) is 14.0. The van der Waals surface area contributed by atoms with Crippen molar-refractivity contribution in [2.24, 2.45) is 5.73 Å². The summed E-state index contributed by atoms with van der Waals surface area (Å²) in [4.78, 5) is 26.0. The van der Waals surface area contributed by atoms with Crippen molar-refractivity contribution in [3.05, 3.63) is 23.4 Å². The quantitative estimate of drug-likeness (QED) is 0.728. The molecule has 0 aliphatic rings. The Bertz CT molecular complexity index is 483. The average molecular weight is 251 g/mol. The topological polar surface area (TPSA) is 105 Å². The number of rotatable bonds is 5. The Kier molecular flexibility index (Phi) is 3.90. The Balaban J connectivity index is 2.97. The van der Waals surface area contributed by atoms with Gasteiger partial charge in [0.15, 0.2) is 0 Å². The van der Waals surface area contributed by atoms with Gasteiger partial charge in [-0.3, -0.25) is 9.59 Å². The monoisotopic (exact) mass is 251 g/mol. The molecule has 6 heteroatoms. The number of aryl methyl sites for hydroxylation is 1. The number of nitrogens with one attached hydrogen (secondary N) is 1. The largest absolute Gasteiger partial charge is 0.481 e. The molecular formula is C12H17N3O3. The van der Waals surface area contributed by atoms with E-state index < -0.39 is 17.4 Å². The predicted molar refractivity (Wildman–Crippen MR) is 67.4 cm³/mol. The molecule has 6 nitrogen and oxygen atoms in total. The molecule has 98 valence electrons. The fourth-order valence-electron chi connectivity index (χ4n) is 1.64. The van der Waals surface area contributed by atoms with Crippen LogP contribution in [0.4, 0.5) is 5.82 Å². The van der Waals surface area contributed by atoms with Crippen molar-refractivity contribution in [2.75, 3.05) is 5.32 Å². The summed E-state index contributed by atoms with van der Waals surface area (Å²) in [6.45, 7) is 5.23. The number of carbonyl (C=O) groups is 2. The first-order chi connectivity index (χ1) is 8.19. The summed E-state index contributed by atoms with van der Waals surface area (Å²) in [7, 11) is 0. The van der Waals surface area contributed by atoms with Gasteiger partial charge >= 0.3 is 5.97 Å². The lowest BCUT2D eigenvalue weighted by Gasteiger charge is -2.25. The number of hydrogen-bond acceptors (Lipinski definition) is 4. The highest BCUT2D eigenvalue weighted by Gasteiger charge is 2.22. The molecule has 1 rings (SSSR count). The number of anilines is 1. The van der Waals surface area contributed by atoms with Gasteiger partial charge < -0.3 is 16.2 Å². The van der Waals surface area contributed by atoms with Crippen molar-refractivity contribution in [1.82, 2.24) is 4.98 Å². The number of carboxylic acid groups (broad SMARTS) is 1. The van der Waals surface area contributed by atoms with Crippen LogP contribution >= 0.6 is 0 Å². The Morgan fingerprint density at radius 1 is 1.44 bits per heavy atom. The lowest BCUT2D eigenvalue weighted by molar-refractivity contribution is -0.137. The van der Waals surface area contributed by atoms with Crippen molar-refractivity contribution >= 4 is 17.7 Å². The number of aliphatic carboxylic acids is 1. The molecule has 0 atom stereocenters. The average Bonchev–Trinajstić information content (AvgIpc) is 2.12. The summed E-state index contributed by atoms with van der Waals surface area (Å²) in [6, 6.07) is 3.09. The standard InChI is InChI=1S/C12H17N3O3/c1-7-4-8(11(13)18)5-9(14-7)15-12(2,3)6-10(16)17/h4-5H,6H2,1-3H3,(H2,13,18)(H,14,15)(H,16,17). The number of nitrogens with two attached hydrogens (primary N) is 1. The van der Waals surface area contributed by atoms with Crippen LogP contribution in [0.15, 0.2) is 12.1 Å². The molecule has 0 aromatic carbocycles. The zero-order chi connectivity index (χ0) is 13.9. The maximum absolute atomic E-state index is 11.1. The van der Waals surface area contributed by atoms with Gasteiger partial charge in [0, 0.05) is 16.8 Å². The van der Waals surface area contributed by atoms with Gasteiger partial charge in [-0.2, -0.15) is 0 Å². The van der Waals surface area contributed by atoms with E-state index in [0.29, 0.717) is 17.1 Å². The first-order valence-electron chi connectivity index (χ1n) is 5.48. The molecule has 0 unspecified atom stereocenters. The van der Waals surface area contributed by atoms with Crippen LogP contribution in [-0.4, -0.2) is 27.5 Å². The lowest BCUT2D eigenvalue weighted by atomic mass is 10.0. The van der Waals surface area contributed by atoms with Crippen LogP contribution in [0, 0.1) is 6.92 Å². The minimum atomic E-state index is -0.907. The van der Waals surface area contributed by atoms with E-state index in [1.165, 1.54) is 6.07 Å². The van der Waals surface area contributed by atoms with Crippen LogP contribution in [0.5, 0.6) is 0 Å². The highest BCUT2D eigenvalue weighted by Crippen LogP contribution is 2.18. The molecule has 1 aromatic heterocycles. The van der Waals surface area contributed by atoms with E-state index in [4.69, 9.17) is 10.8 Å². The van der Waals surface area contributed by atoms with E-state index in [1.54, 1.807) is 26.8 Å². The van der Waals surface area contributed by atoms with Crippen molar-refractivity contribution < 1.29 is 14.7 Å². The minimum absolute atomic E-state index is 0.0610. The summed E-state index contributed by atoms with van der Waals surface area (Å²) in [5, 5.41) is 11.8. The molecule has 0 radical (unpaired) electrons. The smallest absolute Gasteiger partial charge is 0.305 e. The molecule has 1 aromatic rings. The van der Waals surface area contributed by atoms with E-state index in [2.05, 4.69) is 10.3 Å². The molecule has 0 aliphatic heterocycles. The van der Waals surface area contributed by atoms with Crippen LogP contribution in [-0.2, 0) is 4.79 Å². The fraction of sp³-hybridized carbons (Fsp3) is 0.417. The lowest BCUT2D eigenvalue weighted by Crippen LogP contribution is -2.34. The van der Waals surface area contributed by atoms with Crippen molar-refractivity contribution in [3.63, 3.8) is 0 Å². The van der Waals surface area contributed by atoms with Crippen LogP contribution in [0.3, 0.4) is 0 Å². The van der Waals surface area contributed by atoms with Gasteiger partial charge in [-0.05, 0) is 32.9 Å². The minimum Gasteiger partial charge on any atom is -0.481 e. The van der Waals surface area contributed by atoms with Crippen LogP contribution in [0.2, 0.25) is 0 Å². The molecule has 0 saturated heterocycles. The van der Waals surface area contributed by atoms with Crippen LogP contribution in [0.1, 0.15) is 36.3 Å². The zero-order valence-electron chi connectivity index (χ0n) is 10.7. The fourth-order valence-corrected chi connectivity index (χ4v) is 1.64. The molecule has 0 spiro atoms. The van der Waals surface area contributed by atoms with Gasteiger partial charge in [0.1, 0.15) is 5.82 Å². The second kappa shape index (κ2) is 5.03. The Hall–Kier alpha value is -2.11. The number of hydrogen-bond donors (Lipinski definition) is 3. The van der Waals surface area contributed by atoms with Crippen LogP contribution in [0.25, 0.3) is 0 Å². The summed E-state index contributed by atoms with van der Waals surface area (Å²) >= 11 is 0. The predicted octanol–water partition coefficient (Wildman–Crippen LogP) is 1.15. The molecule has 18 heavy (non-hydrogen) atoms. The maximum Gasteiger partial charge on any atom is 0.305 e. The molecule has 1 amide bonds. The van der Waals surface area contributed by atoms with Crippen LogP contribution < -0.4 is 11.1 Å². The molecule has 1 heterocycles. The zero-order valence-corrected chi connectivity index (χ0v) is 10.7. The third kappa shape index (κ3) is 4.04. The summed E-state index contributed by atoms with van der Waals surface area (Å²) in [6.07, 6.45) is -0.0610. The van der Waals surface area contributed by atoms with Crippen molar-refractivity contribution in [2.45, 2.75) is 32.7 Å². The number of primary amides is 1. The molecule has 0 aliphatic carbocycles. The molecule has 0 fully saturated rings. The summed E-state index contributed by atoms with van der Waals surface area (Å²) < 4.78 is 0. The number of pyridine rings is 1. The van der Waals surface area contributed by atoms with E-state index in [1.807, 2.05) is 0 Å². The highest BCUT2D eigenvalue weighted by atomic mass is 16.4. The van der Waals surface area contributed by atoms with Crippen molar-refractivity contribution in [3.8, 4) is 0 Å². The number of carboxylic acids is 1. The highest BCUT2D eigenvalue weighted by molar-refractivity contribution is 5.93. The van der Waals surface area contributed by atoms with E-state index in [-0.39, 0.29) is 6.42 Å². The number of amides is 1. The second-order valence-corrected chi connectivity index (χ2v) is 4.83. The van der Waals surface area contributed by atoms with Gasteiger partial charge in [0.2, 0.25) is 5.91 Å². The Morgan fingerprint density at radius 2 is 2.06 bits per heavy atom. The summed E-state index contributed by atoms with van der Waals surface area (Å²) in [5.41, 5.74) is 5.52. The molecule has 0 bridgehead atoms. The Morgan fingerprint density at radius 3 is 2.56 bits per heavy atom. The third-order valence-corrected chi connectivity index (χ3v) is 2.30. The SMILES string of the molecule is Cc1cc(C(N)=O)cc(NC(C)(C)CC(=O)O)n1. The number of aromatic nitrogens is 1. The van der Waals surface area contributed by atoms with Gasteiger partial charge in [0.25, 0.3) is 0 Å². The Labute approximate surface area is 105 Å². The van der Waals surface area contributed by atoms with Gasteiger partial charge in [0.05, 0.1) is 6.42 Å². The maximum atomic E-state index is 11.1. The van der Waals surface area contributed by atoms with Gasteiger partial charge in [-0.25, -0.2) is 4.98 Å².